The van der Waals surface area contributed by atoms with E-state index >= 15 is 0 Å². The molecule has 2 aliphatic rings. The van der Waals surface area contributed by atoms with Gasteiger partial charge < -0.3 is 10.2 Å². The van der Waals surface area contributed by atoms with Crippen LogP contribution < -0.4 is 9.80 Å². The number of phenolic OH excluding ortho intramolecular Hbond substituents is 2. The Morgan fingerprint density at radius 3 is 1.18 bits per heavy atom. The van der Waals surface area contributed by atoms with Crippen LogP contribution in [0.2, 0.25) is 0 Å². The van der Waals surface area contributed by atoms with E-state index in [1.165, 1.54) is 24.3 Å². The number of carbonyl (C=O) groups is 4. The van der Waals surface area contributed by atoms with Crippen LogP contribution in [0.3, 0.4) is 0 Å². The number of hydrogen-bond donors (Lipinski definition) is 2. The second-order valence-electron chi connectivity index (χ2n) is 6.10. The Morgan fingerprint density at radius 1 is 0.536 bits per heavy atom. The standard InChI is InChI=1S/C20H12N2O6/c23-15-3-1-11(9-13(15)21-17(25)5-6-18(21)26)12-2-4-16(24)14(10-12)22-19(27)7-8-20(22)28/h1-10,23-24H. The van der Waals surface area contributed by atoms with Crippen LogP contribution in [0.15, 0.2) is 60.7 Å². The second-order valence-corrected chi connectivity index (χ2v) is 6.10. The van der Waals surface area contributed by atoms with Crippen LogP contribution in [0.1, 0.15) is 0 Å². The summed E-state index contributed by atoms with van der Waals surface area (Å²) in [5.74, 6) is -2.85. The minimum Gasteiger partial charge on any atom is -0.506 e. The van der Waals surface area contributed by atoms with Crippen molar-refractivity contribution in [1.82, 2.24) is 0 Å². The Labute approximate surface area is 158 Å². The van der Waals surface area contributed by atoms with Crippen molar-refractivity contribution in [3.05, 3.63) is 60.7 Å². The molecule has 2 aliphatic heterocycles. The molecule has 8 heteroatoms. The van der Waals surface area contributed by atoms with Crippen molar-refractivity contribution in [2.75, 3.05) is 9.80 Å². The first-order valence-electron chi connectivity index (χ1n) is 8.15. The highest BCUT2D eigenvalue weighted by Crippen LogP contribution is 2.38. The van der Waals surface area contributed by atoms with E-state index in [-0.39, 0.29) is 22.9 Å². The third-order valence-corrected chi connectivity index (χ3v) is 4.38. The van der Waals surface area contributed by atoms with Crippen LogP contribution in [0.4, 0.5) is 11.4 Å². The van der Waals surface area contributed by atoms with E-state index in [0.29, 0.717) is 11.1 Å². The summed E-state index contributed by atoms with van der Waals surface area (Å²) in [7, 11) is 0. The molecule has 2 heterocycles. The van der Waals surface area contributed by atoms with E-state index in [2.05, 4.69) is 0 Å². The van der Waals surface area contributed by atoms with Gasteiger partial charge in [0.05, 0.1) is 11.4 Å². The summed E-state index contributed by atoms with van der Waals surface area (Å²) in [5, 5.41) is 20.2. The zero-order valence-corrected chi connectivity index (χ0v) is 14.2. The number of anilines is 2. The van der Waals surface area contributed by atoms with Crippen LogP contribution >= 0.6 is 0 Å². The number of benzene rings is 2. The molecule has 0 saturated carbocycles. The number of rotatable bonds is 3. The Kier molecular flexibility index (Phi) is 3.82. The lowest BCUT2D eigenvalue weighted by Crippen LogP contribution is -2.29. The lowest BCUT2D eigenvalue weighted by atomic mass is 10.0. The number of nitrogens with zero attached hydrogens (tertiary/aromatic N) is 2. The van der Waals surface area contributed by atoms with Crippen molar-refractivity contribution >= 4 is 35.0 Å². The third kappa shape index (κ3) is 2.64. The first-order valence-corrected chi connectivity index (χ1v) is 8.15. The maximum atomic E-state index is 11.9. The van der Waals surface area contributed by atoms with Crippen LogP contribution in [0.25, 0.3) is 11.1 Å². The molecule has 0 unspecified atom stereocenters. The molecule has 0 bridgehead atoms. The monoisotopic (exact) mass is 376 g/mol. The lowest BCUT2D eigenvalue weighted by Gasteiger charge is -2.18. The predicted octanol–water partition coefficient (Wildman–Crippen LogP) is 1.62. The molecule has 0 spiro atoms. The number of carbonyl (C=O) groups excluding carboxylic acids is 4. The van der Waals surface area contributed by atoms with E-state index in [0.717, 1.165) is 34.1 Å². The highest BCUT2D eigenvalue weighted by molar-refractivity contribution is 6.29. The van der Waals surface area contributed by atoms with Gasteiger partial charge in [-0.15, -0.1) is 0 Å². The van der Waals surface area contributed by atoms with Crippen molar-refractivity contribution in [3.8, 4) is 22.6 Å². The Bertz CT molecular complexity index is 1010. The maximum absolute atomic E-state index is 11.9. The largest absolute Gasteiger partial charge is 0.506 e. The third-order valence-electron chi connectivity index (χ3n) is 4.38. The Balaban J connectivity index is 1.78. The molecule has 2 aromatic carbocycles. The number of hydrogen-bond acceptors (Lipinski definition) is 6. The smallest absolute Gasteiger partial charge is 0.258 e. The summed E-state index contributed by atoms with van der Waals surface area (Å²) in [6, 6.07) is 8.59. The van der Waals surface area contributed by atoms with Gasteiger partial charge in [0.15, 0.2) is 0 Å². The lowest BCUT2D eigenvalue weighted by molar-refractivity contribution is -0.121. The molecule has 4 rings (SSSR count). The molecule has 0 saturated heterocycles. The fourth-order valence-corrected chi connectivity index (χ4v) is 3.04. The Hall–Kier alpha value is -4.20. The summed E-state index contributed by atoms with van der Waals surface area (Å²) >= 11 is 0. The minimum atomic E-state index is -0.580. The average molecular weight is 376 g/mol. The van der Waals surface area contributed by atoms with Crippen molar-refractivity contribution < 1.29 is 29.4 Å². The number of aromatic hydroxyl groups is 2. The van der Waals surface area contributed by atoms with Crippen LogP contribution in [-0.2, 0) is 19.2 Å². The summed E-state index contributed by atoms with van der Waals surface area (Å²) in [4.78, 5) is 49.3. The molecular formula is C20H12N2O6. The highest BCUT2D eigenvalue weighted by Gasteiger charge is 2.29. The Morgan fingerprint density at radius 2 is 0.857 bits per heavy atom. The first-order chi connectivity index (χ1) is 13.4. The molecule has 2 N–H and O–H groups in total. The zero-order chi connectivity index (χ0) is 20.0. The molecule has 0 aromatic heterocycles. The maximum Gasteiger partial charge on any atom is 0.258 e. The topological polar surface area (TPSA) is 115 Å². The van der Waals surface area contributed by atoms with Gasteiger partial charge in [0.1, 0.15) is 11.5 Å². The molecule has 0 aliphatic carbocycles. The quantitative estimate of drug-likeness (QED) is 0.787. The van der Waals surface area contributed by atoms with Crippen LogP contribution in [0, 0.1) is 0 Å². The SMILES string of the molecule is O=C1C=CC(=O)N1c1cc(-c2ccc(O)c(N3C(=O)C=CC3=O)c2)ccc1O. The first kappa shape index (κ1) is 17.2. The molecule has 0 fully saturated rings. The summed E-state index contributed by atoms with van der Waals surface area (Å²) in [5.41, 5.74) is 0.992. The van der Waals surface area contributed by atoms with E-state index in [4.69, 9.17) is 0 Å². The van der Waals surface area contributed by atoms with E-state index in [1.54, 1.807) is 12.1 Å². The van der Waals surface area contributed by atoms with Gasteiger partial charge in [-0.25, -0.2) is 9.80 Å². The van der Waals surface area contributed by atoms with Gasteiger partial charge in [-0.2, -0.15) is 0 Å². The van der Waals surface area contributed by atoms with Crippen molar-refractivity contribution in [2.24, 2.45) is 0 Å². The van der Waals surface area contributed by atoms with E-state index in [9.17, 15) is 29.4 Å². The molecular weight excluding hydrogens is 364 g/mol. The van der Waals surface area contributed by atoms with Crippen LogP contribution in [0.5, 0.6) is 11.5 Å². The zero-order valence-electron chi connectivity index (χ0n) is 14.2. The summed E-state index contributed by atoms with van der Waals surface area (Å²) in [6.45, 7) is 0. The van der Waals surface area contributed by atoms with Gasteiger partial charge in [0.25, 0.3) is 23.6 Å². The second kappa shape index (κ2) is 6.20. The molecule has 28 heavy (non-hydrogen) atoms. The fourth-order valence-electron chi connectivity index (χ4n) is 3.04. The fraction of sp³-hybridized carbons (Fsp3) is 0. The van der Waals surface area contributed by atoms with Gasteiger partial charge in [-0.1, -0.05) is 12.1 Å². The van der Waals surface area contributed by atoms with Crippen molar-refractivity contribution in [2.45, 2.75) is 0 Å². The van der Waals surface area contributed by atoms with Crippen molar-refractivity contribution in [1.29, 1.82) is 0 Å². The molecule has 0 radical (unpaired) electrons. The summed E-state index contributed by atoms with van der Waals surface area (Å²) in [6.07, 6.45) is 4.41. The molecule has 0 atom stereocenters. The van der Waals surface area contributed by atoms with Crippen LogP contribution in [-0.4, -0.2) is 33.8 Å². The van der Waals surface area contributed by atoms with Gasteiger partial charge in [-0.05, 0) is 35.4 Å². The molecule has 4 amide bonds. The van der Waals surface area contributed by atoms with Gasteiger partial charge in [0.2, 0.25) is 0 Å². The van der Waals surface area contributed by atoms with E-state index < -0.39 is 23.6 Å². The number of phenols is 2. The molecule has 8 nitrogen and oxygen atoms in total. The molecule has 138 valence electrons. The average Bonchev–Trinajstić information content (AvgIpc) is 3.18. The predicted molar refractivity (Wildman–Crippen MR) is 98.5 cm³/mol. The minimum absolute atomic E-state index is 0.00196. The van der Waals surface area contributed by atoms with Gasteiger partial charge in [-0.3, -0.25) is 19.2 Å². The molecule has 2 aromatic rings. The number of amides is 4. The van der Waals surface area contributed by atoms with Crippen molar-refractivity contribution in [3.63, 3.8) is 0 Å². The highest BCUT2D eigenvalue weighted by atomic mass is 16.3. The normalized spacial score (nSPS) is 16.0. The van der Waals surface area contributed by atoms with Gasteiger partial charge >= 0.3 is 0 Å². The van der Waals surface area contributed by atoms with E-state index in [1.807, 2.05) is 0 Å². The summed E-state index contributed by atoms with van der Waals surface area (Å²) < 4.78 is 0. The van der Waals surface area contributed by atoms with Gasteiger partial charge in [0, 0.05) is 24.3 Å². The number of imide groups is 2.